The third-order valence-electron chi connectivity index (χ3n) is 2.72. The number of halogens is 2. The fourth-order valence-corrected chi connectivity index (χ4v) is 2.29. The predicted octanol–water partition coefficient (Wildman–Crippen LogP) is 3.47. The van der Waals surface area contributed by atoms with Crippen LogP contribution in [0.1, 0.15) is 16.1 Å². The van der Waals surface area contributed by atoms with Gasteiger partial charge in [-0.1, -0.05) is 29.3 Å². The molecule has 21 heavy (non-hydrogen) atoms. The minimum atomic E-state index is -0.708. The number of nitrogens with zero attached hydrogens (tertiary/aromatic N) is 1. The molecule has 0 unspecified atom stereocenters. The second-order valence-corrected chi connectivity index (χ2v) is 4.92. The smallest absolute Gasteiger partial charge is 0.395 e. The van der Waals surface area contributed by atoms with Gasteiger partial charge in [0.25, 0.3) is 5.91 Å². The highest BCUT2D eigenvalue weighted by atomic mass is 35.5. The molecule has 2 rings (SSSR count). The number of rotatable bonds is 5. The SMILES string of the molecule is O=C(NCCc1c(Cl)cccc1Cl)c1ccc([N+](=O)[O-])o1. The lowest BCUT2D eigenvalue weighted by Gasteiger charge is -2.07. The van der Waals surface area contributed by atoms with Crippen LogP contribution in [0.4, 0.5) is 5.88 Å². The van der Waals surface area contributed by atoms with Gasteiger partial charge in [-0.3, -0.25) is 14.9 Å². The Kier molecular flexibility index (Phi) is 4.82. The summed E-state index contributed by atoms with van der Waals surface area (Å²) in [5, 5.41) is 14.1. The quantitative estimate of drug-likeness (QED) is 0.672. The van der Waals surface area contributed by atoms with Crippen molar-refractivity contribution in [3.8, 4) is 0 Å². The standard InChI is InChI=1S/C13H10Cl2N2O4/c14-9-2-1-3-10(15)8(9)6-7-16-13(18)11-4-5-12(21-11)17(19)20/h1-5H,6-7H2,(H,16,18). The molecule has 6 nitrogen and oxygen atoms in total. The van der Waals surface area contributed by atoms with Crippen LogP contribution in [0.2, 0.25) is 10.0 Å². The molecule has 0 fully saturated rings. The monoisotopic (exact) mass is 328 g/mol. The Balaban J connectivity index is 1.94. The van der Waals surface area contributed by atoms with Gasteiger partial charge >= 0.3 is 5.88 Å². The van der Waals surface area contributed by atoms with Crippen LogP contribution in [0.25, 0.3) is 0 Å². The van der Waals surface area contributed by atoms with Crippen molar-refractivity contribution in [1.82, 2.24) is 5.32 Å². The van der Waals surface area contributed by atoms with Gasteiger partial charge in [0.15, 0.2) is 5.76 Å². The summed E-state index contributed by atoms with van der Waals surface area (Å²) < 4.78 is 4.79. The average molecular weight is 329 g/mol. The third kappa shape index (κ3) is 3.74. The molecule has 110 valence electrons. The van der Waals surface area contributed by atoms with Gasteiger partial charge in [0, 0.05) is 16.6 Å². The molecule has 0 atom stereocenters. The van der Waals surface area contributed by atoms with E-state index in [4.69, 9.17) is 27.6 Å². The zero-order valence-corrected chi connectivity index (χ0v) is 12.1. The first-order valence-electron chi connectivity index (χ1n) is 5.94. The summed E-state index contributed by atoms with van der Waals surface area (Å²) in [7, 11) is 0. The topological polar surface area (TPSA) is 85.4 Å². The first-order valence-corrected chi connectivity index (χ1v) is 6.70. The molecule has 0 spiro atoms. The highest BCUT2D eigenvalue weighted by Crippen LogP contribution is 2.24. The third-order valence-corrected chi connectivity index (χ3v) is 3.43. The molecule has 0 radical (unpaired) electrons. The zero-order chi connectivity index (χ0) is 15.4. The number of furan rings is 1. The van der Waals surface area contributed by atoms with E-state index >= 15 is 0 Å². The van der Waals surface area contributed by atoms with Gasteiger partial charge in [-0.05, 0) is 30.2 Å². The van der Waals surface area contributed by atoms with Gasteiger partial charge in [0.05, 0.1) is 6.07 Å². The Bertz CT molecular complexity index is 664. The lowest BCUT2D eigenvalue weighted by molar-refractivity contribution is -0.402. The molecule has 1 amide bonds. The van der Waals surface area contributed by atoms with Gasteiger partial charge in [-0.2, -0.15) is 0 Å². The van der Waals surface area contributed by atoms with Crippen molar-refractivity contribution in [1.29, 1.82) is 0 Å². The molecule has 0 aliphatic heterocycles. The van der Waals surface area contributed by atoms with E-state index in [1.165, 1.54) is 6.07 Å². The van der Waals surface area contributed by atoms with Gasteiger partial charge in [0.1, 0.15) is 4.92 Å². The Morgan fingerprint density at radius 3 is 2.48 bits per heavy atom. The molecule has 0 saturated heterocycles. The molecule has 1 heterocycles. The van der Waals surface area contributed by atoms with E-state index in [1.54, 1.807) is 18.2 Å². The Morgan fingerprint density at radius 1 is 1.24 bits per heavy atom. The summed E-state index contributed by atoms with van der Waals surface area (Å²) >= 11 is 12.0. The molecule has 1 aromatic carbocycles. The number of hydrogen-bond donors (Lipinski definition) is 1. The van der Waals surface area contributed by atoms with Crippen LogP contribution < -0.4 is 5.32 Å². The summed E-state index contributed by atoms with van der Waals surface area (Å²) in [6.45, 7) is 0.275. The minimum Gasteiger partial charge on any atom is -0.395 e. The minimum absolute atomic E-state index is 0.119. The molecule has 1 N–H and O–H groups in total. The predicted molar refractivity (Wildman–Crippen MR) is 77.9 cm³/mol. The molecule has 0 aliphatic carbocycles. The van der Waals surface area contributed by atoms with Crippen LogP contribution in [-0.2, 0) is 6.42 Å². The maximum atomic E-state index is 11.7. The fraction of sp³-hybridized carbons (Fsp3) is 0.154. The second-order valence-electron chi connectivity index (χ2n) is 4.10. The fourth-order valence-electron chi connectivity index (χ4n) is 1.71. The van der Waals surface area contributed by atoms with E-state index in [-0.39, 0.29) is 12.3 Å². The molecule has 1 aromatic heterocycles. The Labute approximate surface area is 129 Å². The van der Waals surface area contributed by atoms with Gasteiger partial charge in [-0.15, -0.1) is 0 Å². The first kappa shape index (κ1) is 15.3. The molecular formula is C13H10Cl2N2O4. The van der Waals surface area contributed by atoms with E-state index in [0.717, 1.165) is 11.6 Å². The first-order chi connectivity index (χ1) is 9.99. The van der Waals surface area contributed by atoms with E-state index in [0.29, 0.717) is 16.5 Å². The van der Waals surface area contributed by atoms with Crippen molar-refractivity contribution >= 4 is 35.0 Å². The van der Waals surface area contributed by atoms with Crippen molar-refractivity contribution < 1.29 is 14.1 Å². The number of hydrogen-bond acceptors (Lipinski definition) is 4. The van der Waals surface area contributed by atoms with E-state index < -0.39 is 16.7 Å². The molecule has 8 heteroatoms. The van der Waals surface area contributed by atoms with Crippen molar-refractivity contribution in [2.45, 2.75) is 6.42 Å². The number of amides is 1. The summed E-state index contributed by atoms with van der Waals surface area (Å²) in [6, 6.07) is 7.52. The zero-order valence-electron chi connectivity index (χ0n) is 10.6. The van der Waals surface area contributed by atoms with E-state index in [9.17, 15) is 14.9 Å². The van der Waals surface area contributed by atoms with Gasteiger partial charge < -0.3 is 9.73 Å². The number of carbonyl (C=O) groups is 1. The molecular weight excluding hydrogens is 319 g/mol. The van der Waals surface area contributed by atoms with Crippen molar-refractivity contribution in [3.05, 3.63) is 61.8 Å². The summed E-state index contributed by atoms with van der Waals surface area (Å²) in [6.07, 6.45) is 0.438. The van der Waals surface area contributed by atoms with Crippen molar-refractivity contribution in [2.75, 3.05) is 6.54 Å². The maximum Gasteiger partial charge on any atom is 0.433 e. The number of benzene rings is 1. The Hall–Kier alpha value is -2.05. The van der Waals surface area contributed by atoms with Crippen LogP contribution in [0, 0.1) is 10.1 Å². The molecule has 2 aromatic rings. The highest BCUT2D eigenvalue weighted by Gasteiger charge is 2.17. The number of nitrogens with one attached hydrogen (secondary N) is 1. The highest BCUT2D eigenvalue weighted by molar-refractivity contribution is 6.35. The maximum absolute atomic E-state index is 11.7. The number of nitro groups is 1. The van der Waals surface area contributed by atoms with Gasteiger partial charge in [0.2, 0.25) is 0 Å². The van der Waals surface area contributed by atoms with Crippen LogP contribution in [0.15, 0.2) is 34.7 Å². The van der Waals surface area contributed by atoms with Crippen LogP contribution in [0.3, 0.4) is 0 Å². The summed E-state index contributed by atoms with van der Waals surface area (Å²) in [4.78, 5) is 21.5. The second kappa shape index (κ2) is 6.60. The van der Waals surface area contributed by atoms with E-state index in [1.807, 2.05) is 0 Å². The van der Waals surface area contributed by atoms with Crippen LogP contribution >= 0.6 is 23.2 Å². The lowest BCUT2D eigenvalue weighted by Crippen LogP contribution is -2.25. The number of carbonyl (C=O) groups excluding carboxylic acids is 1. The van der Waals surface area contributed by atoms with Crippen molar-refractivity contribution in [2.24, 2.45) is 0 Å². The molecule has 0 aliphatic rings. The summed E-state index contributed by atoms with van der Waals surface area (Å²) in [5.74, 6) is -1.13. The summed E-state index contributed by atoms with van der Waals surface area (Å²) in [5.41, 5.74) is 0.728. The van der Waals surface area contributed by atoms with Crippen LogP contribution in [0.5, 0.6) is 0 Å². The average Bonchev–Trinajstić information content (AvgIpc) is 2.92. The van der Waals surface area contributed by atoms with E-state index in [2.05, 4.69) is 5.32 Å². The van der Waals surface area contributed by atoms with Crippen LogP contribution in [-0.4, -0.2) is 17.4 Å². The van der Waals surface area contributed by atoms with Crippen molar-refractivity contribution in [3.63, 3.8) is 0 Å². The largest absolute Gasteiger partial charge is 0.433 e. The molecule has 0 saturated carbocycles. The lowest BCUT2D eigenvalue weighted by atomic mass is 10.1. The Morgan fingerprint density at radius 2 is 1.90 bits per heavy atom. The molecule has 0 bridgehead atoms. The van der Waals surface area contributed by atoms with Gasteiger partial charge in [-0.25, -0.2) is 0 Å². The normalized spacial score (nSPS) is 10.4.